The van der Waals surface area contributed by atoms with Crippen molar-refractivity contribution in [2.45, 2.75) is 49.5 Å². The van der Waals surface area contributed by atoms with Crippen LogP contribution >= 0.6 is 0 Å². The standard InChI is InChI=1S/C15H20N2O3S/c16-15(18)14-6-3-9-17(14)21(19,20)13-8-7-11-4-1-2-5-12(11)10-13/h7-8,10,14H,1-6,9H2,(H2,16,18). The lowest BCUT2D eigenvalue weighted by Crippen LogP contribution is -2.43. The van der Waals surface area contributed by atoms with E-state index in [9.17, 15) is 13.2 Å². The summed E-state index contributed by atoms with van der Waals surface area (Å²) in [6, 6.07) is 4.65. The van der Waals surface area contributed by atoms with Gasteiger partial charge in [0.25, 0.3) is 0 Å². The summed E-state index contributed by atoms with van der Waals surface area (Å²) in [5, 5.41) is 0. The third-order valence-electron chi connectivity index (χ3n) is 4.46. The third kappa shape index (κ3) is 2.58. The van der Waals surface area contributed by atoms with E-state index in [1.807, 2.05) is 6.07 Å². The van der Waals surface area contributed by atoms with Crippen molar-refractivity contribution in [3.8, 4) is 0 Å². The van der Waals surface area contributed by atoms with Gasteiger partial charge in [-0.05, 0) is 61.8 Å². The van der Waals surface area contributed by atoms with Crippen LogP contribution < -0.4 is 5.73 Å². The van der Waals surface area contributed by atoms with Crippen molar-refractivity contribution in [2.24, 2.45) is 5.73 Å². The van der Waals surface area contributed by atoms with Crippen LogP contribution in [-0.2, 0) is 27.7 Å². The maximum Gasteiger partial charge on any atom is 0.243 e. The molecule has 5 nitrogen and oxygen atoms in total. The molecular formula is C15H20N2O3S. The van der Waals surface area contributed by atoms with Crippen molar-refractivity contribution >= 4 is 15.9 Å². The summed E-state index contributed by atoms with van der Waals surface area (Å²) in [7, 11) is -3.63. The number of aryl methyl sites for hydroxylation is 2. The molecule has 0 spiro atoms. The van der Waals surface area contributed by atoms with Crippen LogP contribution in [0.5, 0.6) is 0 Å². The maximum atomic E-state index is 12.8. The minimum Gasteiger partial charge on any atom is -0.368 e. The number of carbonyl (C=O) groups is 1. The molecule has 2 N–H and O–H groups in total. The summed E-state index contributed by atoms with van der Waals surface area (Å²) < 4.78 is 26.8. The number of hydrogen-bond acceptors (Lipinski definition) is 3. The normalized spacial score (nSPS) is 23.0. The average molecular weight is 308 g/mol. The molecule has 1 aliphatic carbocycles. The van der Waals surface area contributed by atoms with Crippen LogP contribution in [0.25, 0.3) is 0 Å². The molecule has 1 fully saturated rings. The topological polar surface area (TPSA) is 80.5 Å². The molecule has 21 heavy (non-hydrogen) atoms. The van der Waals surface area contributed by atoms with Crippen LogP contribution in [0.4, 0.5) is 0 Å². The Labute approximate surface area is 125 Å². The molecule has 1 heterocycles. The van der Waals surface area contributed by atoms with E-state index in [1.165, 1.54) is 9.87 Å². The lowest BCUT2D eigenvalue weighted by atomic mass is 9.92. The van der Waals surface area contributed by atoms with Crippen LogP contribution in [0, 0.1) is 0 Å². The molecule has 0 aromatic heterocycles. The van der Waals surface area contributed by atoms with Crippen LogP contribution in [-0.4, -0.2) is 31.2 Å². The summed E-state index contributed by atoms with van der Waals surface area (Å²) in [4.78, 5) is 11.7. The Morgan fingerprint density at radius 3 is 2.57 bits per heavy atom. The predicted molar refractivity (Wildman–Crippen MR) is 79.2 cm³/mol. The molecule has 114 valence electrons. The van der Waals surface area contributed by atoms with E-state index in [-0.39, 0.29) is 4.90 Å². The Bertz CT molecular complexity index is 669. The SMILES string of the molecule is NC(=O)C1CCCN1S(=O)(=O)c1ccc2c(c1)CCCC2. The van der Waals surface area contributed by atoms with E-state index < -0.39 is 22.0 Å². The van der Waals surface area contributed by atoms with Crippen LogP contribution in [0.15, 0.2) is 23.1 Å². The molecule has 3 rings (SSSR count). The van der Waals surface area contributed by atoms with Crippen LogP contribution in [0.1, 0.15) is 36.8 Å². The Kier molecular flexibility index (Phi) is 3.75. The molecule has 0 bridgehead atoms. The van der Waals surface area contributed by atoms with Gasteiger partial charge >= 0.3 is 0 Å². The fourth-order valence-corrected chi connectivity index (χ4v) is 5.03. The highest BCUT2D eigenvalue weighted by Crippen LogP contribution is 2.29. The molecule has 0 radical (unpaired) electrons. The number of amides is 1. The maximum absolute atomic E-state index is 12.8. The molecule has 0 saturated carbocycles. The minimum absolute atomic E-state index is 0.288. The van der Waals surface area contributed by atoms with Gasteiger partial charge in [0.1, 0.15) is 6.04 Å². The molecule has 1 saturated heterocycles. The molecule has 1 aliphatic heterocycles. The highest BCUT2D eigenvalue weighted by Gasteiger charge is 2.38. The monoisotopic (exact) mass is 308 g/mol. The van der Waals surface area contributed by atoms with Gasteiger partial charge in [-0.1, -0.05) is 6.07 Å². The summed E-state index contributed by atoms with van der Waals surface area (Å²) in [5.41, 5.74) is 7.69. The molecule has 1 amide bonds. The smallest absolute Gasteiger partial charge is 0.243 e. The molecule has 1 atom stereocenters. The first-order valence-electron chi connectivity index (χ1n) is 7.43. The fraction of sp³-hybridized carbons (Fsp3) is 0.533. The van der Waals surface area contributed by atoms with E-state index in [1.54, 1.807) is 12.1 Å². The second kappa shape index (κ2) is 5.42. The van der Waals surface area contributed by atoms with Gasteiger partial charge in [0.15, 0.2) is 0 Å². The van der Waals surface area contributed by atoms with Gasteiger partial charge in [0.05, 0.1) is 4.90 Å². The number of carbonyl (C=O) groups excluding carboxylic acids is 1. The first-order chi connectivity index (χ1) is 10.00. The summed E-state index contributed by atoms with van der Waals surface area (Å²) in [6.45, 7) is 0.368. The molecule has 1 aromatic rings. The third-order valence-corrected chi connectivity index (χ3v) is 6.36. The first kappa shape index (κ1) is 14.5. The van der Waals surface area contributed by atoms with E-state index >= 15 is 0 Å². The van der Waals surface area contributed by atoms with E-state index in [0.717, 1.165) is 31.2 Å². The zero-order valence-corrected chi connectivity index (χ0v) is 12.7. The van der Waals surface area contributed by atoms with E-state index in [2.05, 4.69) is 0 Å². The molecule has 1 aromatic carbocycles. The number of nitrogens with zero attached hydrogens (tertiary/aromatic N) is 1. The van der Waals surface area contributed by atoms with Crippen molar-refractivity contribution in [2.75, 3.05) is 6.54 Å². The summed E-state index contributed by atoms with van der Waals surface area (Å²) >= 11 is 0. The number of sulfonamides is 1. The Hall–Kier alpha value is -1.40. The second-order valence-corrected chi connectivity index (χ2v) is 7.70. The number of fused-ring (bicyclic) bond motifs is 1. The lowest BCUT2D eigenvalue weighted by molar-refractivity contribution is -0.121. The van der Waals surface area contributed by atoms with Gasteiger partial charge in [-0.2, -0.15) is 4.31 Å². The quantitative estimate of drug-likeness (QED) is 0.911. The fourth-order valence-electron chi connectivity index (χ4n) is 3.32. The largest absolute Gasteiger partial charge is 0.368 e. The summed E-state index contributed by atoms with van der Waals surface area (Å²) in [6.07, 6.45) is 5.40. The molecule has 6 heteroatoms. The summed E-state index contributed by atoms with van der Waals surface area (Å²) in [5.74, 6) is -0.561. The number of rotatable bonds is 3. The second-order valence-electron chi connectivity index (χ2n) is 5.81. The zero-order valence-electron chi connectivity index (χ0n) is 11.9. The van der Waals surface area contributed by atoms with Gasteiger partial charge in [0, 0.05) is 6.54 Å². The van der Waals surface area contributed by atoms with Crippen molar-refractivity contribution in [1.29, 1.82) is 0 Å². The van der Waals surface area contributed by atoms with Gasteiger partial charge in [-0.15, -0.1) is 0 Å². The lowest BCUT2D eigenvalue weighted by Gasteiger charge is -2.23. The number of benzene rings is 1. The number of hydrogen-bond donors (Lipinski definition) is 1. The Morgan fingerprint density at radius 1 is 1.14 bits per heavy atom. The highest BCUT2D eigenvalue weighted by molar-refractivity contribution is 7.89. The van der Waals surface area contributed by atoms with E-state index in [4.69, 9.17) is 5.73 Å². The number of nitrogens with two attached hydrogens (primary N) is 1. The van der Waals surface area contributed by atoms with Crippen molar-refractivity contribution in [3.63, 3.8) is 0 Å². The van der Waals surface area contributed by atoms with Crippen molar-refractivity contribution < 1.29 is 13.2 Å². The van der Waals surface area contributed by atoms with Gasteiger partial charge in [0.2, 0.25) is 15.9 Å². The first-order valence-corrected chi connectivity index (χ1v) is 8.87. The van der Waals surface area contributed by atoms with Crippen LogP contribution in [0.3, 0.4) is 0 Å². The predicted octanol–water partition coefficient (Wildman–Crippen LogP) is 1.20. The van der Waals surface area contributed by atoms with Gasteiger partial charge < -0.3 is 5.73 Å². The van der Waals surface area contributed by atoms with Gasteiger partial charge in [-0.3, -0.25) is 4.79 Å². The average Bonchev–Trinajstić information content (AvgIpc) is 2.97. The number of primary amides is 1. The molecular weight excluding hydrogens is 288 g/mol. The molecule has 2 aliphatic rings. The molecule has 1 unspecified atom stereocenters. The Morgan fingerprint density at radius 2 is 1.86 bits per heavy atom. The van der Waals surface area contributed by atoms with Crippen molar-refractivity contribution in [3.05, 3.63) is 29.3 Å². The van der Waals surface area contributed by atoms with E-state index in [0.29, 0.717) is 19.4 Å². The minimum atomic E-state index is -3.63. The highest BCUT2D eigenvalue weighted by atomic mass is 32.2. The Balaban J connectivity index is 1.96. The van der Waals surface area contributed by atoms with Gasteiger partial charge in [-0.25, -0.2) is 8.42 Å². The van der Waals surface area contributed by atoms with Crippen molar-refractivity contribution in [1.82, 2.24) is 4.31 Å². The van der Waals surface area contributed by atoms with Crippen LogP contribution in [0.2, 0.25) is 0 Å². The zero-order chi connectivity index (χ0) is 15.0.